The molecule has 5 rings (SSSR count). The summed E-state index contributed by atoms with van der Waals surface area (Å²) in [4.78, 5) is 9.86. The van der Waals surface area contributed by atoms with Gasteiger partial charge in [0, 0.05) is 42.1 Å². The van der Waals surface area contributed by atoms with E-state index in [2.05, 4.69) is 72.2 Å². The lowest BCUT2D eigenvalue weighted by Crippen LogP contribution is -2.38. The lowest BCUT2D eigenvalue weighted by Gasteiger charge is -2.34. The summed E-state index contributed by atoms with van der Waals surface area (Å²) >= 11 is 0. The molecule has 136 valence electrons. The molecule has 1 aliphatic carbocycles. The summed E-state index contributed by atoms with van der Waals surface area (Å²) in [6.45, 7) is 6.66. The van der Waals surface area contributed by atoms with Gasteiger partial charge in [0.15, 0.2) is 0 Å². The Kier molecular flexibility index (Phi) is 3.82. The van der Waals surface area contributed by atoms with Crippen LogP contribution in [0.4, 0.5) is 5.69 Å². The standard InChI is InChI=1S/C23H29N3/c1-15-4-7-20-19(12-15)22-21-13-18(9-10-25(21)3)23(22)26(20)11-8-17-6-5-16(2)24-14-17/h4-7,12,14,18,21-23H,8-11,13H2,1-3H3/t18-,21+,22-,23+/m0/s1. The van der Waals surface area contributed by atoms with E-state index in [1.807, 2.05) is 0 Å². The second-order valence-corrected chi connectivity index (χ2v) is 8.66. The van der Waals surface area contributed by atoms with E-state index in [9.17, 15) is 0 Å². The summed E-state index contributed by atoms with van der Waals surface area (Å²) < 4.78 is 0. The Balaban J connectivity index is 1.48. The molecule has 0 spiro atoms. The van der Waals surface area contributed by atoms with Gasteiger partial charge in [-0.05, 0) is 75.9 Å². The molecule has 3 heterocycles. The number of aromatic nitrogens is 1. The van der Waals surface area contributed by atoms with Gasteiger partial charge in [-0.3, -0.25) is 4.98 Å². The predicted molar refractivity (Wildman–Crippen MR) is 107 cm³/mol. The fourth-order valence-electron chi connectivity index (χ4n) is 5.76. The Bertz CT molecular complexity index is 813. The Morgan fingerprint density at radius 2 is 2.04 bits per heavy atom. The molecule has 2 aliphatic heterocycles. The van der Waals surface area contributed by atoms with E-state index in [0.29, 0.717) is 12.0 Å². The van der Waals surface area contributed by atoms with E-state index in [0.717, 1.165) is 30.6 Å². The molecule has 0 N–H and O–H groups in total. The van der Waals surface area contributed by atoms with Gasteiger partial charge < -0.3 is 9.80 Å². The summed E-state index contributed by atoms with van der Waals surface area (Å²) in [7, 11) is 2.33. The van der Waals surface area contributed by atoms with Crippen molar-refractivity contribution in [2.75, 3.05) is 25.0 Å². The number of likely N-dealkylation sites (tertiary alicyclic amines) is 1. The monoisotopic (exact) mass is 347 g/mol. The minimum atomic E-state index is 0.693. The van der Waals surface area contributed by atoms with Crippen LogP contribution in [0.5, 0.6) is 0 Å². The van der Waals surface area contributed by atoms with Gasteiger partial charge in [0.25, 0.3) is 0 Å². The van der Waals surface area contributed by atoms with Crippen LogP contribution < -0.4 is 4.90 Å². The molecule has 1 saturated heterocycles. The van der Waals surface area contributed by atoms with Crippen LogP contribution in [0.25, 0.3) is 0 Å². The van der Waals surface area contributed by atoms with Crippen molar-refractivity contribution in [2.45, 2.75) is 51.1 Å². The first-order valence-electron chi connectivity index (χ1n) is 10.1. The maximum Gasteiger partial charge on any atom is 0.0406 e. The number of aryl methyl sites for hydroxylation is 2. The van der Waals surface area contributed by atoms with E-state index in [-0.39, 0.29) is 0 Å². The van der Waals surface area contributed by atoms with Gasteiger partial charge in [-0.15, -0.1) is 0 Å². The molecule has 1 aromatic heterocycles. The summed E-state index contributed by atoms with van der Waals surface area (Å²) in [5.74, 6) is 1.54. The molecule has 4 atom stereocenters. The number of benzene rings is 1. The number of hydrogen-bond donors (Lipinski definition) is 0. The Labute approximate surface area is 157 Å². The second kappa shape index (κ2) is 6.09. The number of anilines is 1. The van der Waals surface area contributed by atoms with Gasteiger partial charge in [-0.2, -0.15) is 0 Å². The number of piperidine rings is 1. The summed E-state index contributed by atoms with van der Waals surface area (Å²) in [5, 5.41) is 0. The lowest BCUT2D eigenvalue weighted by atomic mass is 9.92. The largest absolute Gasteiger partial charge is 0.367 e. The molecule has 2 fully saturated rings. The summed E-state index contributed by atoms with van der Waals surface area (Å²) in [5.41, 5.74) is 6.96. The topological polar surface area (TPSA) is 19.4 Å². The van der Waals surface area contributed by atoms with Gasteiger partial charge >= 0.3 is 0 Å². The zero-order valence-electron chi connectivity index (χ0n) is 16.2. The van der Waals surface area contributed by atoms with Crippen LogP contribution in [0.3, 0.4) is 0 Å². The summed E-state index contributed by atoms with van der Waals surface area (Å²) in [6.07, 6.45) is 5.86. The highest BCUT2D eigenvalue weighted by atomic mass is 15.3. The molecule has 1 saturated carbocycles. The van der Waals surface area contributed by atoms with E-state index in [4.69, 9.17) is 0 Å². The second-order valence-electron chi connectivity index (χ2n) is 8.66. The van der Waals surface area contributed by atoms with Crippen molar-refractivity contribution in [3.05, 3.63) is 58.9 Å². The first-order chi connectivity index (χ1) is 12.6. The number of pyridine rings is 1. The minimum Gasteiger partial charge on any atom is -0.367 e. The van der Waals surface area contributed by atoms with E-state index in [1.54, 1.807) is 5.56 Å². The number of likely N-dealkylation sites (N-methyl/N-ethyl adjacent to an activating group) is 1. The fraction of sp³-hybridized carbons (Fsp3) is 0.522. The molecule has 26 heavy (non-hydrogen) atoms. The number of rotatable bonds is 3. The third-order valence-electron chi connectivity index (χ3n) is 7.05. The van der Waals surface area contributed by atoms with Gasteiger partial charge in [-0.25, -0.2) is 0 Å². The highest BCUT2D eigenvalue weighted by Gasteiger charge is 2.54. The minimum absolute atomic E-state index is 0.693. The van der Waals surface area contributed by atoms with Crippen LogP contribution in [-0.2, 0) is 6.42 Å². The Morgan fingerprint density at radius 1 is 1.15 bits per heavy atom. The highest BCUT2D eigenvalue weighted by molar-refractivity contribution is 5.64. The quantitative estimate of drug-likeness (QED) is 0.838. The van der Waals surface area contributed by atoms with Crippen molar-refractivity contribution < 1.29 is 0 Å². The Morgan fingerprint density at radius 3 is 2.85 bits per heavy atom. The first-order valence-corrected chi connectivity index (χ1v) is 10.1. The lowest BCUT2D eigenvalue weighted by molar-refractivity contribution is 0.184. The van der Waals surface area contributed by atoms with Crippen LogP contribution in [0.1, 0.15) is 41.1 Å². The van der Waals surface area contributed by atoms with Crippen LogP contribution in [0, 0.1) is 19.8 Å². The number of hydrogen-bond acceptors (Lipinski definition) is 3. The molecule has 2 aromatic rings. The normalized spacial score (nSPS) is 29.7. The molecule has 1 aromatic carbocycles. The van der Waals surface area contributed by atoms with Gasteiger partial charge in [-0.1, -0.05) is 23.8 Å². The van der Waals surface area contributed by atoms with Crippen molar-refractivity contribution in [3.8, 4) is 0 Å². The first kappa shape index (κ1) is 16.3. The fourth-order valence-corrected chi connectivity index (χ4v) is 5.76. The highest BCUT2D eigenvalue weighted by Crippen LogP contribution is 2.55. The van der Waals surface area contributed by atoms with Crippen LogP contribution in [0.2, 0.25) is 0 Å². The molecular formula is C23H29N3. The number of nitrogens with zero attached hydrogens (tertiary/aromatic N) is 3. The third-order valence-corrected chi connectivity index (χ3v) is 7.05. The Hall–Kier alpha value is -1.87. The SMILES string of the molecule is Cc1ccc2c(c1)[C@@H]1[C@@H]([C@H]3CCN(C)[C@@H]1C3)N2CCc1ccc(C)nc1. The number of fused-ring (bicyclic) bond motifs is 7. The predicted octanol–water partition coefficient (Wildman–Crippen LogP) is 3.94. The molecule has 3 nitrogen and oxygen atoms in total. The van der Waals surface area contributed by atoms with Gasteiger partial charge in [0.1, 0.15) is 0 Å². The van der Waals surface area contributed by atoms with E-state index < -0.39 is 0 Å². The van der Waals surface area contributed by atoms with Crippen molar-refractivity contribution in [2.24, 2.45) is 5.92 Å². The average Bonchev–Trinajstić information content (AvgIpc) is 3.12. The van der Waals surface area contributed by atoms with E-state index in [1.165, 1.54) is 36.2 Å². The molecule has 3 heteroatoms. The van der Waals surface area contributed by atoms with Gasteiger partial charge in [0.2, 0.25) is 0 Å². The molecular weight excluding hydrogens is 318 g/mol. The van der Waals surface area contributed by atoms with Crippen molar-refractivity contribution in [3.63, 3.8) is 0 Å². The molecule has 0 amide bonds. The zero-order valence-corrected chi connectivity index (χ0v) is 16.2. The van der Waals surface area contributed by atoms with Crippen LogP contribution in [0.15, 0.2) is 36.5 Å². The average molecular weight is 348 g/mol. The third kappa shape index (κ3) is 2.48. The summed E-state index contributed by atoms with van der Waals surface area (Å²) in [6, 6.07) is 12.9. The maximum atomic E-state index is 4.48. The molecule has 0 radical (unpaired) electrons. The van der Waals surface area contributed by atoms with Crippen LogP contribution >= 0.6 is 0 Å². The van der Waals surface area contributed by atoms with E-state index >= 15 is 0 Å². The van der Waals surface area contributed by atoms with Crippen molar-refractivity contribution >= 4 is 5.69 Å². The zero-order chi connectivity index (χ0) is 17.8. The molecule has 0 unspecified atom stereocenters. The van der Waals surface area contributed by atoms with Gasteiger partial charge in [0.05, 0.1) is 0 Å². The smallest absolute Gasteiger partial charge is 0.0406 e. The maximum absolute atomic E-state index is 4.48. The molecule has 3 aliphatic rings. The van der Waals surface area contributed by atoms with Crippen LogP contribution in [-0.4, -0.2) is 42.1 Å². The molecule has 2 bridgehead atoms. The van der Waals surface area contributed by atoms with Crippen molar-refractivity contribution in [1.82, 2.24) is 9.88 Å². The van der Waals surface area contributed by atoms with Crippen molar-refractivity contribution in [1.29, 1.82) is 0 Å².